The summed E-state index contributed by atoms with van der Waals surface area (Å²) in [6.07, 6.45) is 0.645. The van der Waals surface area contributed by atoms with Gasteiger partial charge in [-0.1, -0.05) is 11.6 Å². The van der Waals surface area contributed by atoms with Gasteiger partial charge >= 0.3 is 5.97 Å². The van der Waals surface area contributed by atoms with Gasteiger partial charge in [0.2, 0.25) is 0 Å². The van der Waals surface area contributed by atoms with E-state index in [4.69, 9.17) is 21.4 Å². The van der Waals surface area contributed by atoms with E-state index in [1.165, 1.54) is 6.07 Å². The lowest BCUT2D eigenvalue weighted by Crippen LogP contribution is -2.06. The van der Waals surface area contributed by atoms with Crippen LogP contribution in [-0.2, 0) is 6.42 Å². The maximum atomic E-state index is 11.1. The Morgan fingerprint density at radius 3 is 2.95 bits per heavy atom. The number of hydrogen-bond acceptors (Lipinski definition) is 4. The quantitative estimate of drug-likeness (QED) is 0.918. The van der Waals surface area contributed by atoms with Gasteiger partial charge in [0.15, 0.2) is 0 Å². The van der Waals surface area contributed by atoms with Crippen molar-refractivity contribution in [2.75, 3.05) is 6.61 Å². The molecule has 1 aromatic heterocycles. The van der Waals surface area contributed by atoms with Gasteiger partial charge in [-0.05, 0) is 25.1 Å². The SMILES string of the molecule is Cc1nc(CCOc2ccc(Cl)cc2C(=O)O)cs1. The number of ether oxygens (including phenoxy) is 1. The summed E-state index contributed by atoms with van der Waals surface area (Å²) in [5.74, 6) is -0.731. The molecule has 1 heterocycles. The van der Waals surface area contributed by atoms with Crippen LogP contribution in [0.25, 0.3) is 0 Å². The van der Waals surface area contributed by atoms with E-state index in [1.54, 1.807) is 23.5 Å². The number of carboxylic acid groups (broad SMARTS) is 1. The van der Waals surface area contributed by atoms with Crippen LogP contribution in [0.1, 0.15) is 21.1 Å². The van der Waals surface area contributed by atoms with Gasteiger partial charge < -0.3 is 9.84 Å². The van der Waals surface area contributed by atoms with Crippen LogP contribution in [0.3, 0.4) is 0 Å². The van der Waals surface area contributed by atoms with Crippen LogP contribution in [0, 0.1) is 6.92 Å². The number of carbonyl (C=O) groups is 1. The zero-order chi connectivity index (χ0) is 13.8. The zero-order valence-corrected chi connectivity index (χ0v) is 11.8. The molecule has 100 valence electrons. The third kappa shape index (κ3) is 3.68. The van der Waals surface area contributed by atoms with Gasteiger partial charge in [-0.15, -0.1) is 11.3 Å². The highest BCUT2D eigenvalue weighted by Gasteiger charge is 2.12. The number of carboxylic acids is 1. The van der Waals surface area contributed by atoms with Crippen molar-refractivity contribution in [3.05, 3.63) is 44.9 Å². The van der Waals surface area contributed by atoms with Crippen LogP contribution < -0.4 is 4.74 Å². The summed E-state index contributed by atoms with van der Waals surface area (Å²) in [6, 6.07) is 4.56. The molecule has 4 nitrogen and oxygen atoms in total. The smallest absolute Gasteiger partial charge is 0.339 e. The van der Waals surface area contributed by atoms with Gasteiger partial charge in [0.1, 0.15) is 11.3 Å². The van der Waals surface area contributed by atoms with Gasteiger partial charge in [0, 0.05) is 16.8 Å². The lowest BCUT2D eigenvalue weighted by Gasteiger charge is -2.08. The Balaban J connectivity index is 2.01. The van der Waals surface area contributed by atoms with Crippen LogP contribution in [0.15, 0.2) is 23.6 Å². The number of aromatic carboxylic acids is 1. The van der Waals surface area contributed by atoms with Crippen molar-refractivity contribution in [2.45, 2.75) is 13.3 Å². The van der Waals surface area contributed by atoms with Crippen LogP contribution >= 0.6 is 22.9 Å². The predicted octanol–water partition coefficient (Wildman–Crippen LogP) is 3.42. The van der Waals surface area contributed by atoms with Crippen LogP contribution in [0.2, 0.25) is 5.02 Å². The van der Waals surface area contributed by atoms with Crippen LogP contribution in [0.5, 0.6) is 5.75 Å². The first-order chi connectivity index (χ1) is 9.06. The van der Waals surface area contributed by atoms with Gasteiger partial charge in [0.05, 0.1) is 17.3 Å². The molecule has 2 rings (SSSR count). The molecule has 0 spiro atoms. The Bertz CT molecular complexity index is 597. The Labute approximate surface area is 119 Å². The largest absolute Gasteiger partial charge is 0.492 e. The predicted molar refractivity (Wildman–Crippen MR) is 74.5 cm³/mol. The third-order valence-electron chi connectivity index (χ3n) is 2.45. The van der Waals surface area contributed by atoms with Crippen LogP contribution in [0.4, 0.5) is 0 Å². The molecular weight excluding hydrogens is 286 g/mol. The summed E-state index contributed by atoms with van der Waals surface area (Å²) in [5, 5.41) is 12.4. The summed E-state index contributed by atoms with van der Waals surface area (Å²) >= 11 is 7.35. The van der Waals surface area contributed by atoms with E-state index in [1.807, 2.05) is 12.3 Å². The second-order valence-corrected chi connectivity index (χ2v) is 5.40. The Hall–Kier alpha value is -1.59. The third-order valence-corrected chi connectivity index (χ3v) is 3.51. The number of benzene rings is 1. The van der Waals surface area contributed by atoms with Crippen molar-refractivity contribution in [3.63, 3.8) is 0 Å². The lowest BCUT2D eigenvalue weighted by molar-refractivity contribution is 0.0692. The molecule has 0 aliphatic heterocycles. The molecule has 1 aromatic carbocycles. The summed E-state index contributed by atoms with van der Waals surface area (Å²) in [5.41, 5.74) is 1.02. The Morgan fingerprint density at radius 2 is 2.32 bits per heavy atom. The number of aryl methyl sites for hydroxylation is 1. The van der Waals surface area contributed by atoms with Crippen molar-refractivity contribution >= 4 is 28.9 Å². The van der Waals surface area contributed by atoms with E-state index in [2.05, 4.69) is 4.98 Å². The minimum atomic E-state index is -1.05. The first-order valence-electron chi connectivity index (χ1n) is 5.63. The van der Waals surface area contributed by atoms with E-state index in [9.17, 15) is 4.79 Å². The molecule has 19 heavy (non-hydrogen) atoms. The summed E-state index contributed by atoms with van der Waals surface area (Å²) < 4.78 is 5.49. The van der Waals surface area contributed by atoms with Gasteiger partial charge in [-0.2, -0.15) is 0 Å². The average molecular weight is 298 g/mol. The molecule has 0 amide bonds. The van der Waals surface area contributed by atoms with Crippen molar-refractivity contribution < 1.29 is 14.6 Å². The molecule has 0 saturated heterocycles. The summed E-state index contributed by atoms with van der Waals surface area (Å²) in [6.45, 7) is 2.32. The molecule has 0 aliphatic carbocycles. The minimum Gasteiger partial charge on any atom is -0.492 e. The Kier molecular flexibility index (Phi) is 4.39. The normalized spacial score (nSPS) is 10.4. The molecule has 1 N–H and O–H groups in total. The fourth-order valence-electron chi connectivity index (χ4n) is 1.58. The van der Waals surface area contributed by atoms with Gasteiger partial charge in [-0.3, -0.25) is 0 Å². The van der Waals surface area contributed by atoms with E-state index in [-0.39, 0.29) is 5.56 Å². The number of rotatable bonds is 5. The average Bonchev–Trinajstić information content (AvgIpc) is 2.77. The molecule has 0 saturated carbocycles. The molecule has 0 unspecified atom stereocenters. The highest BCUT2D eigenvalue weighted by atomic mass is 35.5. The van der Waals surface area contributed by atoms with Crippen molar-refractivity contribution in [3.8, 4) is 5.75 Å². The summed E-state index contributed by atoms with van der Waals surface area (Å²) in [4.78, 5) is 15.4. The van der Waals surface area contributed by atoms with Gasteiger partial charge in [-0.25, -0.2) is 9.78 Å². The van der Waals surface area contributed by atoms with E-state index in [0.717, 1.165) is 10.7 Å². The molecule has 0 atom stereocenters. The minimum absolute atomic E-state index is 0.0713. The second-order valence-electron chi connectivity index (χ2n) is 3.90. The highest BCUT2D eigenvalue weighted by molar-refractivity contribution is 7.09. The fourth-order valence-corrected chi connectivity index (χ4v) is 2.40. The molecule has 0 fully saturated rings. The summed E-state index contributed by atoms with van der Waals surface area (Å²) in [7, 11) is 0. The topological polar surface area (TPSA) is 59.4 Å². The second kappa shape index (κ2) is 6.04. The Morgan fingerprint density at radius 1 is 1.53 bits per heavy atom. The van der Waals surface area contributed by atoms with E-state index >= 15 is 0 Å². The molecule has 2 aromatic rings. The molecule has 0 radical (unpaired) electrons. The number of thiazole rings is 1. The van der Waals surface area contributed by atoms with Crippen molar-refractivity contribution in [1.29, 1.82) is 0 Å². The first kappa shape index (κ1) is 13.8. The van der Waals surface area contributed by atoms with Gasteiger partial charge in [0.25, 0.3) is 0 Å². The number of halogens is 1. The highest BCUT2D eigenvalue weighted by Crippen LogP contribution is 2.23. The maximum Gasteiger partial charge on any atom is 0.339 e. The number of hydrogen-bond donors (Lipinski definition) is 1. The molecule has 6 heteroatoms. The fraction of sp³-hybridized carbons (Fsp3) is 0.231. The molecular formula is C13H12ClNO3S. The molecule has 0 bridgehead atoms. The zero-order valence-electron chi connectivity index (χ0n) is 10.2. The first-order valence-corrected chi connectivity index (χ1v) is 6.88. The van der Waals surface area contributed by atoms with E-state index < -0.39 is 5.97 Å². The number of aromatic nitrogens is 1. The number of nitrogens with zero attached hydrogens (tertiary/aromatic N) is 1. The van der Waals surface area contributed by atoms with Crippen molar-refractivity contribution in [1.82, 2.24) is 4.98 Å². The lowest BCUT2D eigenvalue weighted by atomic mass is 10.2. The maximum absolute atomic E-state index is 11.1. The standard InChI is InChI=1S/C13H12ClNO3S/c1-8-15-10(7-19-8)4-5-18-12-3-2-9(14)6-11(12)13(16)17/h2-3,6-7H,4-5H2,1H3,(H,16,17). The van der Waals surface area contributed by atoms with Crippen LogP contribution in [-0.4, -0.2) is 22.7 Å². The van der Waals surface area contributed by atoms with E-state index in [0.29, 0.717) is 23.8 Å². The monoisotopic (exact) mass is 297 g/mol. The molecule has 0 aliphatic rings. The van der Waals surface area contributed by atoms with Crippen molar-refractivity contribution in [2.24, 2.45) is 0 Å².